The second-order valence-corrected chi connectivity index (χ2v) is 21.6. The number of fused-ring (bicyclic) bond motifs is 11. The lowest BCUT2D eigenvalue weighted by molar-refractivity contribution is 0.331. The lowest BCUT2D eigenvalue weighted by atomic mass is 9.56. The van der Waals surface area contributed by atoms with E-state index in [1.54, 1.807) is 0 Å². The summed E-state index contributed by atoms with van der Waals surface area (Å²) in [6.07, 6.45) is 2.35. The Morgan fingerprint density at radius 3 is 2.05 bits per heavy atom. The molecule has 3 aliphatic rings. The molecule has 12 rings (SSSR count). The number of H-pyrrole nitrogens is 1. The van der Waals surface area contributed by atoms with Crippen LogP contribution >= 0.6 is 12.6 Å². The smallest absolute Gasteiger partial charge is 0.193 e. The number of para-hydroxylation sites is 1. The first kappa shape index (κ1) is 40.3. The minimum absolute atomic E-state index is 0.0586. The lowest BCUT2D eigenvalue weighted by Crippen LogP contribution is -2.37. The Labute approximate surface area is 390 Å². The van der Waals surface area contributed by atoms with E-state index < -0.39 is 0 Å². The van der Waals surface area contributed by atoms with E-state index in [1.165, 1.54) is 135 Å². The summed E-state index contributed by atoms with van der Waals surface area (Å²) in [5.74, 6) is 0. The molecule has 8 aromatic carbocycles. The molecule has 318 valence electrons. The second-order valence-electron chi connectivity index (χ2n) is 21.1. The van der Waals surface area contributed by atoms with E-state index in [9.17, 15) is 0 Å². The minimum Gasteiger partial charge on any atom is -0.354 e. The van der Waals surface area contributed by atoms with Crippen molar-refractivity contribution in [1.29, 1.82) is 0 Å². The minimum atomic E-state index is -0.239. The van der Waals surface area contributed by atoms with Crippen LogP contribution in [0.15, 0.2) is 156 Å². The second kappa shape index (κ2) is 14.1. The number of aromatic amines is 1. The van der Waals surface area contributed by atoms with Crippen LogP contribution in [0, 0.1) is 6.92 Å². The Hall–Kier alpha value is -6.23. The number of rotatable bonds is 4. The first-order valence-corrected chi connectivity index (χ1v) is 23.9. The molecular weight excluding hydrogens is 804 g/mol. The van der Waals surface area contributed by atoms with E-state index in [0.717, 1.165) is 17.9 Å². The van der Waals surface area contributed by atoms with E-state index in [-0.39, 0.29) is 16.2 Å². The number of aromatic nitrogens is 1. The van der Waals surface area contributed by atoms with Gasteiger partial charge in [-0.3, -0.25) is 0 Å². The molecule has 2 nitrogen and oxygen atoms in total. The molecule has 1 N–H and O–H groups in total. The maximum Gasteiger partial charge on any atom is 0.193 e. The van der Waals surface area contributed by atoms with Crippen molar-refractivity contribution in [3.63, 3.8) is 0 Å². The zero-order valence-corrected chi connectivity index (χ0v) is 39.8. The number of nitrogens with zero attached hydrogens (tertiary/aromatic N) is 1. The van der Waals surface area contributed by atoms with Gasteiger partial charge in [0.15, 0.2) is 7.28 Å². The molecule has 1 aliphatic heterocycles. The third-order valence-electron chi connectivity index (χ3n) is 15.8. The van der Waals surface area contributed by atoms with Gasteiger partial charge in [0.25, 0.3) is 0 Å². The molecule has 4 heteroatoms. The molecule has 0 amide bonds. The SMILES string of the molecule is CC1=C(c2cc3c(cc2C)C(C)(C)CCC3(C)C)N(c2ccc(S)cc2-c2ccccc2)c2c(c(-c3cccc4c3[nH]c3ccc5ccccc5c34)cc3c2-c2ccccc2C3(C)C)B1. The standard InChI is InChI=1S/C61H55BN2S/c1-35-31-48-49(60(5,6)30-29-59(48,3)4)33-44(35)57-36(2)62-55-46(41-22-16-23-43-53-40-20-13-12-19-38(40)25-27-51(53)63-56(41)43)34-50-54(42-21-14-15-24-47(42)61(50,7)8)58(55)64(57)52-28-26-39(65)32-45(52)37-17-10-9-11-18-37/h9-28,31-34,62-63,65H,29-30H2,1-8H3. The van der Waals surface area contributed by atoms with E-state index >= 15 is 0 Å². The quantitative estimate of drug-likeness (QED) is 0.133. The van der Waals surface area contributed by atoms with Gasteiger partial charge in [-0.05, 0) is 135 Å². The average Bonchev–Trinajstić information content (AvgIpc) is 3.80. The van der Waals surface area contributed by atoms with Crippen molar-refractivity contribution < 1.29 is 0 Å². The van der Waals surface area contributed by atoms with Gasteiger partial charge in [0, 0.05) is 60.2 Å². The number of aryl methyl sites for hydroxylation is 1. The van der Waals surface area contributed by atoms with Crippen molar-refractivity contribution in [1.82, 2.24) is 4.98 Å². The lowest BCUT2D eigenvalue weighted by Gasteiger charge is -2.44. The molecule has 0 atom stereocenters. The number of benzene rings is 8. The van der Waals surface area contributed by atoms with Gasteiger partial charge in [-0.1, -0.05) is 156 Å². The predicted molar refractivity (Wildman–Crippen MR) is 283 cm³/mol. The number of hydrogen-bond donors (Lipinski definition) is 2. The van der Waals surface area contributed by atoms with Crippen molar-refractivity contribution in [2.45, 2.75) is 89.4 Å². The first-order chi connectivity index (χ1) is 31.2. The van der Waals surface area contributed by atoms with Gasteiger partial charge in [-0.25, -0.2) is 0 Å². The van der Waals surface area contributed by atoms with Crippen molar-refractivity contribution in [2.75, 3.05) is 4.90 Å². The summed E-state index contributed by atoms with van der Waals surface area (Å²) < 4.78 is 0. The van der Waals surface area contributed by atoms with Crippen LogP contribution in [0.3, 0.4) is 0 Å². The van der Waals surface area contributed by atoms with Crippen LogP contribution in [0.2, 0.25) is 0 Å². The van der Waals surface area contributed by atoms with E-state index in [1.807, 2.05) is 0 Å². The van der Waals surface area contributed by atoms with Crippen LogP contribution in [-0.2, 0) is 16.2 Å². The highest BCUT2D eigenvalue weighted by Crippen LogP contribution is 2.58. The van der Waals surface area contributed by atoms with Crippen LogP contribution in [0.1, 0.15) is 94.7 Å². The number of hydrogen-bond acceptors (Lipinski definition) is 2. The third-order valence-corrected chi connectivity index (χ3v) is 16.1. The monoisotopic (exact) mass is 858 g/mol. The fourth-order valence-electron chi connectivity index (χ4n) is 12.2. The highest BCUT2D eigenvalue weighted by molar-refractivity contribution is 7.80. The van der Waals surface area contributed by atoms with E-state index in [2.05, 4.69) is 211 Å². The summed E-state index contributed by atoms with van der Waals surface area (Å²) >= 11 is 5.02. The Morgan fingerprint density at radius 1 is 0.569 bits per heavy atom. The van der Waals surface area contributed by atoms with Crippen molar-refractivity contribution in [2.24, 2.45) is 0 Å². The molecule has 9 aromatic rings. The van der Waals surface area contributed by atoms with Crippen molar-refractivity contribution in [3.05, 3.63) is 184 Å². The van der Waals surface area contributed by atoms with E-state index in [0.29, 0.717) is 0 Å². The summed E-state index contributed by atoms with van der Waals surface area (Å²) in [4.78, 5) is 7.65. The zero-order chi connectivity index (χ0) is 44.7. The molecule has 0 fully saturated rings. The summed E-state index contributed by atoms with van der Waals surface area (Å²) in [7, 11) is 0.822. The number of anilines is 2. The maximum absolute atomic E-state index is 5.02. The average molecular weight is 859 g/mol. The topological polar surface area (TPSA) is 19.0 Å². The molecule has 0 unspecified atom stereocenters. The van der Waals surface area contributed by atoms with Crippen molar-refractivity contribution >= 4 is 75.0 Å². The molecule has 1 aromatic heterocycles. The molecule has 0 spiro atoms. The Morgan fingerprint density at radius 2 is 1.25 bits per heavy atom. The van der Waals surface area contributed by atoms with Gasteiger partial charge in [0.1, 0.15) is 0 Å². The highest BCUT2D eigenvalue weighted by atomic mass is 32.1. The van der Waals surface area contributed by atoms with Gasteiger partial charge in [-0.15, -0.1) is 12.6 Å². The highest BCUT2D eigenvalue weighted by Gasteiger charge is 2.44. The summed E-state index contributed by atoms with van der Waals surface area (Å²) in [5, 5.41) is 5.09. The number of thiol groups is 1. The van der Waals surface area contributed by atoms with E-state index in [4.69, 9.17) is 12.6 Å². The van der Waals surface area contributed by atoms with Gasteiger partial charge < -0.3 is 9.88 Å². The van der Waals surface area contributed by atoms with Crippen LogP contribution in [0.4, 0.5) is 11.4 Å². The summed E-state index contributed by atoms with van der Waals surface area (Å²) in [6.45, 7) is 19.4. The van der Waals surface area contributed by atoms with Crippen LogP contribution in [0.5, 0.6) is 0 Å². The molecule has 0 saturated carbocycles. The first-order valence-electron chi connectivity index (χ1n) is 23.5. The Bertz CT molecular complexity index is 3530. The van der Waals surface area contributed by atoms with Gasteiger partial charge in [0.2, 0.25) is 0 Å². The molecule has 0 saturated heterocycles. The Balaban J connectivity index is 1.23. The van der Waals surface area contributed by atoms with Crippen LogP contribution in [0.25, 0.3) is 71.7 Å². The number of nitrogens with one attached hydrogen (secondary N) is 1. The molecule has 2 heterocycles. The largest absolute Gasteiger partial charge is 0.354 e. The maximum atomic E-state index is 5.02. The summed E-state index contributed by atoms with van der Waals surface area (Å²) in [6, 6.07) is 54.9. The molecule has 65 heavy (non-hydrogen) atoms. The van der Waals surface area contributed by atoms with Crippen LogP contribution < -0.4 is 10.4 Å². The van der Waals surface area contributed by atoms with Crippen molar-refractivity contribution in [3.8, 4) is 33.4 Å². The molecule has 0 radical (unpaired) electrons. The predicted octanol–water partition coefficient (Wildman–Crippen LogP) is 15.7. The van der Waals surface area contributed by atoms with Gasteiger partial charge in [-0.2, -0.15) is 0 Å². The fourth-order valence-corrected chi connectivity index (χ4v) is 12.4. The van der Waals surface area contributed by atoms with Gasteiger partial charge >= 0.3 is 0 Å². The molecular formula is C61H55BN2S. The fraction of sp³-hybridized carbons (Fsp3) is 0.213. The van der Waals surface area contributed by atoms with Gasteiger partial charge in [0.05, 0.1) is 11.2 Å². The normalized spacial score (nSPS) is 16.7. The van der Waals surface area contributed by atoms with Crippen LogP contribution in [-0.4, -0.2) is 12.3 Å². The number of allylic oxidation sites excluding steroid dienone is 1. The molecule has 2 aliphatic carbocycles. The zero-order valence-electron chi connectivity index (χ0n) is 38.9. The Kier molecular flexibility index (Phi) is 8.76. The third kappa shape index (κ3) is 5.88. The summed E-state index contributed by atoms with van der Waals surface area (Å²) in [5.41, 5.74) is 24.7. The molecule has 0 bridgehead atoms.